The van der Waals surface area contributed by atoms with Crippen molar-refractivity contribution < 1.29 is 9.50 Å². The summed E-state index contributed by atoms with van der Waals surface area (Å²) < 4.78 is 13.3. The molecule has 92 valence electrons. The van der Waals surface area contributed by atoms with Crippen LogP contribution in [0.15, 0.2) is 12.1 Å². The third kappa shape index (κ3) is 2.51. The van der Waals surface area contributed by atoms with Crippen LogP contribution in [0.1, 0.15) is 36.4 Å². The molecule has 5 heteroatoms. The molecule has 1 atom stereocenters. The number of hydrogen-bond donors (Lipinski definition) is 2. The number of benzene rings is 1. The van der Waals surface area contributed by atoms with Gasteiger partial charge in [-0.2, -0.15) is 5.26 Å². The van der Waals surface area contributed by atoms with Gasteiger partial charge >= 0.3 is 0 Å². The van der Waals surface area contributed by atoms with Crippen LogP contribution in [0.2, 0.25) is 0 Å². The molecular formula is C12H14ClFN2O. The second-order valence-electron chi connectivity index (χ2n) is 4.22. The summed E-state index contributed by atoms with van der Waals surface area (Å²) in [6.07, 6.45) is 3.12. The number of phenols is 1. The molecule has 0 radical (unpaired) electrons. The van der Waals surface area contributed by atoms with E-state index < -0.39 is 11.6 Å². The highest BCUT2D eigenvalue weighted by Gasteiger charge is 2.28. The summed E-state index contributed by atoms with van der Waals surface area (Å²) in [5.41, 5.74) is 6.50. The van der Waals surface area contributed by atoms with Gasteiger partial charge < -0.3 is 10.8 Å². The van der Waals surface area contributed by atoms with Crippen LogP contribution < -0.4 is 5.73 Å². The maximum absolute atomic E-state index is 13.3. The maximum Gasteiger partial charge on any atom is 0.166 e. The molecule has 3 N–H and O–H groups in total. The average Bonchev–Trinajstić information content (AvgIpc) is 2.19. The molecule has 1 fully saturated rings. The van der Waals surface area contributed by atoms with Crippen molar-refractivity contribution in [3.8, 4) is 11.8 Å². The lowest BCUT2D eigenvalue weighted by Gasteiger charge is -2.31. The van der Waals surface area contributed by atoms with Crippen molar-refractivity contribution in [1.82, 2.24) is 0 Å². The summed E-state index contributed by atoms with van der Waals surface area (Å²) in [5, 5.41) is 18.3. The fraction of sp³-hybridized carbons (Fsp3) is 0.417. The SMILES string of the molecule is Cl.N#Cc1cc(F)c(O)c([C@@H](N)C2CCC2)c1. The van der Waals surface area contributed by atoms with Crippen LogP contribution in [0.3, 0.4) is 0 Å². The van der Waals surface area contributed by atoms with Crippen molar-refractivity contribution >= 4 is 12.4 Å². The Morgan fingerprint density at radius 2 is 2.12 bits per heavy atom. The highest BCUT2D eigenvalue weighted by atomic mass is 35.5. The minimum atomic E-state index is -0.774. The first-order valence-corrected chi connectivity index (χ1v) is 5.31. The van der Waals surface area contributed by atoms with Gasteiger partial charge in [-0.3, -0.25) is 0 Å². The van der Waals surface area contributed by atoms with E-state index in [-0.39, 0.29) is 24.0 Å². The molecule has 2 rings (SSSR count). The Labute approximate surface area is 105 Å². The van der Waals surface area contributed by atoms with Crippen molar-refractivity contribution in [2.24, 2.45) is 11.7 Å². The van der Waals surface area contributed by atoms with Crippen LogP contribution in [-0.4, -0.2) is 5.11 Å². The van der Waals surface area contributed by atoms with Crippen molar-refractivity contribution in [3.63, 3.8) is 0 Å². The number of aromatic hydroxyl groups is 1. The Morgan fingerprint density at radius 3 is 2.59 bits per heavy atom. The fourth-order valence-electron chi connectivity index (χ4n) is 1.99. The molecule has 0 amide bonds. The van der Waals surface area contributed by atoms with Gasteiger partial charge in [0.05, 0.1) is 11.6 Å². The van der Waals surface area contributed by atoms with Gasteiger partial charge in [0, 0.05) is 11.6 Å². The summed E-state index contributed by atoms with van der Waals surface area (Å²) in [6.45, 7) is 0. The second kappa shape index (κ2) is 5.35. The van der Waals surface area contributed by atoms with Crippen LogP contribution >= 0.6 is 12.4 Å². The number of phenolic OH excluding ortho intramolecular Hbond substituents is 1. The zero-order chi connectivity index (χ0) is 11.7. The third-order valence-corrected chi connectivity index (χ3v) is 3.24. The number of nitrogens with two attached hydrogens (primary N) is 1. The zero-order valence-corrected chi connectivity index (χ0v) is 10.0. The van der Waals surface area contributed by atoms with Crippen LogP contribution in [0.4, 0.5) is 4.39 Å². The van der Waals surface area contributed by atoms with Crippen LogP contribution in [0.25, 0.3) is 0 Å². The van der Waals surface area contributed by atoms with Crippen molar-refractivity contribution in [2.45, 2.75) is 25.3 Å². The molecule has 0 aliphatic heterocycles. The molecule has 1 aromatic rings. The molecule has 3 nitrogen and oxygen atoms in total. The summed E-state index contributed by atoms with van der Waals surface area (Å²) in [5.74, 6) is -0.901. The molecule has 1 aromatic carbocycles. The number of halogens is 2. The van der Waals surface area contributed by atoms with Gasteiger partial charge in [-0.15, -0.1) is 12.4 Å². The molecule has 0 aromatic heterocycles. The van der Waals surface area contributed by atoms with Crippen molar-refractivity contribution in [3.05, 3.63) is 29.1 Å². The number of nitriles is 1. The molecule has 0 heterocycles. The number of nitrogens with zero attached hydrogens (tertiary/aromatic N) is 1. The Morgan fingerprint density at radius 1 is 1.47 bits per heavy atom. The predicted octanol–water partition coefficient (Wildman–Crippen LogP) is 2.62. The number of rotatable bonds is 2. The molecule has 0 bridgehead atoms. The summed E-state index contributed by atoms with van der Waals surface area (Å²) >= 11 is 0. The van der Waals surface area contributed by atoms with Gasteiger partial charge in [0.25, 0.3) is 0 Å². The lowest BCUT2D eigenvalue weighted by atomic mass is 9.77. The van der Waals surface area contributed by atoms with Gasteiger partial charge in [-0.25, -0.2) is 4.39 Å². The zero-order valence-electron chi connectivity index (χ0n) is 9.19. The predicted molar refractivity (Wildman–Crippen MR) is 64.3 cm³/mol. The monoisotopic (exact) mass is 256 g/mol. The molecule has 0 unspecified atom stereocenters. The quantitative estimate of drug-likeness (QED) is 0.855. The van der Waals surface area contributed by atoms with E-state index in [1.807, 2.05) is 6.07 Å². The lowest BCUT2D eigenvalue weighted by molar-refractivity contribution is 0.259. The summed E-state index contributed by atoms with van der Waals surface area (Å²) in [4.78, 5) is 0. The largest absolute Gasteiger partial charge is 0.505 e. The maximum atomic E-state index is 13.3. The van der Waals surface area contributed by atoms with Gasteiger partial charge in [0.15, 0.2) is 11.6 Å². The van der Waals surface area contributed by atoms with Crippen LogP contribution in [0.5, 0.6) is 5.75 Å². The second-order valence-corrected chi connectivity index (χ2v) is 4.22. The van der Waals surface area contributed by atoms with Gasteiger partial charge in [-0.05, 0) is 30.9 Å². The smallest absolute Gasteiger partial charge is 0.166 e. The topological polar surface area (TPSA) is 70.0 Å². The van der Waals surface area contributed by atoms with Gasteiger partial charge in [-0.1, -0.05) is 6.42 Å². The highest BCUT2D eigenvalue weighted by Crippen LogP contribution is 2.39. The minimum Gasteiger partial charge on any atom is -0.505 e. The lowest BCUT2D eigenvalue weighted by Crippen LogP contribution is -2.27. The van der Waals surface area contributed by atoms with Crippen LogP contribution in [-0.2, 0) is 0 Å². The normalized spacial score (nSPS) is 16.5. The Balaban J connectivity index is 0.00000144. The first kappa shape index (κ1) is 13.8. The van der Waals surface area contributed by atoms with Crippen molar-refractivity contribution in [2.75, 3.05) is 0 Å². The third-order valence-electron chi connectivity index (χ3n) is 3.24. The molecular weight excluding hydrogens is 243 g/mol. The highest BCUT2D eigenvalue weighted by molar-refractivity contribution is 5.85. The van der Waals surface area contributed by atoms with E-state index in [1.54, 1.807) is 0 Å². The molecule has 0 saturated heterocycles. The molecule has 0 spiro atoms. The van der Waals surface area contributed by atoms with Crippen LogP contribution in [0, 0.1) is 23.1 Å². The van der Waals surface area contributed by atoms with E-state index >= 15 is 0 Å². The average molecular weight is 257 g/mol. The summed E-state index contributed by atoms with van der Waals surface area (Å²) in [7, 11) is 0. The Kier molecular flexibility index (Phi) is 4.33. The van der Waals surface area contributed by atoms with E-state index in [0.29, 0.717) is 11.5 Å². The van der Waals surface area contributed by atoms with E-state index in [4.69, 9.17) is 11.0 Å². The van der Waals surface area contributed by atoms with Crippen molar-refractivity contribution in [1.29, 1.82) is 5.26 Å². The first-order chi connectivity index (χ1) is 7.63. The van der Waals surface area contributed by atoms with E-state index in [9.17, 15) is 9.50 Å². The van der Waals surface area contributed by atoms with E-state index in [0.717, 1.165) is 25.3 Å². The Hall–Kier alpha value is -1.31. The summed E-state index contributed by atoms with van der Waals surface area (Å²) in [6, 6.07) is 3.97. The number of hydrogen-bond acceptors (Lipinski definition) is 3. The fourth-order valence-corrected chi connectivity index (χ4v) is 1.99. The molecule has 1 aliphatic carbocycles. The van der Waals surface area contributed by atoms with E-state index in [2.05, 4.69) is 0 Å². The molecule has 17 heavy (non-hydrogen) atoms. The molecule has 1 saturated carbocycles. The standard InChI is InChI=1S/C12H13FN2O.ClH/c13-10-5-7(6-14)4-9(12(10)16)11(15)8-2-1-3-8;/h4-5,8,11,16H,1-3,15H2;1H/t11-;/m0./s1. The van der Waals surface area contributed by atoms with Gasteiger partial charge in [0.1, 0.15) is 0 Å². The van der Waals surface area contributed by atoms with Gasteiger partial charge in [0.2, 0.25) is 0 Å². The first-order valence-electron chi connectivity index (χ1n) is 5.31. The minimum absolute atomic E-state index is 0. The Bertz CT molecular complexity index is 455. The van der Waals surface area contributed by atoms with E-state index in [1.165, 1.54) is 6.07 Å². The molecule has 1 aliphatic rings.